The van der Waals surface area contributed by atoms with Gasteiger partial charge in [0.2, 0.25) is 10.0 Å². The lowest BCUT2D eigenvalue weighted by molar-refractivity contribution is 0.102. The van der Waals surface area contributed by atoms with Crippen molar-refractivity contribution in [3.8, 4) is 17.2 Å². The molecular formula is C24H24F2N2O5S. The van der Waals surface area contributed by atoms with Crippen LogP contribution in [0.3, 0.4) is 0 Å². The van der Waals surface area contributed by atoms with Crippen molar-refractivity contribution in [3.63, 3.8) is 0 Å². The average molecular weight is 491 g/mol. The van der Waals surface area contributed by atoms with Gasteiger partial charge in [0.25, 0.3) is 5.91 Å². The van der Waals surface area contributed by atoms with E-state index in [9.17, 15) is 22.0 Å². The lowest BCUT2D eigenvalue weighted by atomic mass is 10.1. The number of benzene rings is 3. The van der Waals surface area contributed by atoms with E-state index < -0.39 is 27.6 Å². The highest BCUT2D eigenvalue weighted by Crippen LogP contribution is 2.33. The molecule has 0 atom stereocenters. The Bertz CT molecular complexity index is 1280. The number of nitrogens with zero attached hydrogens (tertiary/aromatic N) is 1. The summed E-state index contributed by atoms with van der Waals surface area (Å²) in [7, 11) is -2.48. The summed E-state index contributed by atoms with van der Waals surface area (Å²) >= 11 is 0. The van der Waals surface area contributed by atoms with E-state index in [1.54, 1.807) is 13.8 Å². The first-order valence-electron chi connectivity index (χ1n) is 10.4. The second-order valence-corrected chi connectivity index (χ2v) is 9.04. The Morgan fingerprint density at radius 2 is 1.59 bits per heavy atom. The molecule has 0 aliphatic carbocycles. The lowest BCUT2D eigenvalue weighted by Gasteiger charge is -2.20. The van der Waals surface area contributed by atoms with Crippen molar-refractivity contribution in [2.45, 2.75) is 18.7 Å². The fourth-order valence-electron chi connectivity index (χ4n) is 3.20. The highest BCUT2D eigenvalue weighted by molar-refractivity contribution is 7.89. The van der Waals surface area contributed by atoms with Crippen LogP contribution in [-0.4, -0.2) is 38.8 Å². The van der Waals surface area contributed by atoms with E-state index >= 15 is 0 Å². The molecule has 3 aromatic rings. The Hall–Kier alpha value is -3.50. The maximum Gasteiger partial charge on any atom is 0.258 e. The van der Waals surface area contributed by atoms with Gasteiger partial charge in [0, 0.05) is 19.2 Å². The molecule has 0 fully saturated rings. The molecule has 3 aromatic carbocycles. The SMILES string of the molecule is CCN(CC)S(=O)(=O)c1ccc(Oc2ccc(F)cc2)c(NC(=O)c2ccc(OC)cc2F)c1. The van der Waals surface area contributed by atoms with Crippen LogP contribution in [0.15, 0.2) is 65.6 Å². The highest BCUT2D eigenvalue weighted by Gasteiger charge is 2.24. The molecule has 7 nitrogen and oxygen atoms in total. The second kappa shape index (κ2) is 10.6. The van der Waals surface area contributed by atoms with E-state index in [1.165, 1.54) is 66.0 Å². The Balaban J connectivity index is 2.03. The number of methoxy groups -OCH3 is 1. The first-order chi connectivity index (χ1) is 16.2. The van der Waals surface area contributed by atoms with Gasteiger partial charge in [0.05, 0.1) is 23.3 Å². The quantitative estimate of drug-likeness (QED) is 0.454. The van der Waals surface area contributed by atoms with Gasteiger partial charge in [-0.05, 0) is 54.6 Å². The number of anilines is 1. The van der Waals surface area contributed by atoms with Crippen LogP contribution in [0, 0.1) is 11.6 Å². The van der Waals surface area contributed by atoms with Gasteiger partial charge >= 0.3 is 0 Å². The molecule has 0 radical (unpaired) electrons. The third-order valence-electron chi connectivity index (χ3n) is 5.00. The minimum absolute atomic E-state index is 0.00206. The van der Waals surface area contributed by atoms with Gasteiger partial charge in [-0.3, -0.25) is 4.79 Å². The summed E-state index contributed by atoms with van der Waals surface area (Å²) < 4.78 is 65.6. The molecule has 0 aliphatic rings. The van der Waals surface area contributed by atoms with Crippen LogP contribution >= 0.6 is 0 Å². The van der Waals surface area contributed by atoms with Crippen LogP contribution in [0.25, 0.3) is 0 Å². The standard InChI is InChI=1S/C24H24F2N2O5S/c1-4-28(5-2)34(30,31)19-11-13-23(33-17-8-6-16(25)7-9-17)22(15-19)27-24(29)20-12-10-18(32-3)14-21(20)26/h6-15H,4-5H2,1-3H3,(H,27,29). The topological polar surface area (TPSA) is 84.9 Å². The van der Waals surface area contributed by atoms with E-state index in [2.05, 4.69) is 5.32 Å². The first-order valence-corrected chi connectivity index (χ1v) is 11.9. The van der Waals surface area contributed by atoms with Crippen molar-refractivity contribution in [1.29, 1.82) is 0 Å². The number of hydrogen-bond acceptors (Lipinski definition) is 5. The number of halogens is 2. The molecule has 0 saturated carbocycles. The summed E-state index contributed by atoms with van der Waals surface area (Å²) in [6.45, 7) is 3.93. The largest absolute Gasteiger partial charge is 0.497 e. The molecule has 1 amide bonds. The highest BCUT2D eigenvalue weighted by atomic mass is 32.2. The number of sulfonamides is 1. The molecule has 34 heavy (non-hydrogen) atoms. The average Bonchev–Trinajstić information content (AvgIpc) is 2.81. The Morgan fingerprint density at radius 3 is 2.18 bits per heavy atom. The molecule has 0 aromatic heterocycles. The molecule has 0 unspecified atom stereocenters. The van der Waals surface area contributed by atoms with Gasteiger partial charge in [-0.2, -0.15) is 4.31 Å². The van der Waals surface area contributed by atoms with Crippen LogP contribution in [-0.2, 0) is 10.0 Å². The molecule has 180 valence electrons. The van der Waals surface area contributed by atoms with Crippen molar-refractivity contribution in [2.24, 2.45) is 0 Å². The number of nitrogens with one attached hydrogen (secondary N) is 1. The lowest BCUT2D eigenvalue weighted by Crippen LogP contribution is -2.30. The van der Waals surface area contributed by atoms with Gasteiger partial charge in [0.1, 0.15) is 23.1 Å². The summed E-state index contributed by atoms with van der Waals surface area (Å²) in [5.41, 5.74) is -0.275. The van der Waals surface area contributed by atoms with Crippen molar-refractivity contribution in [1.82, 2.24) is 4.31 Å². The van der Waals surface area contributed by atoms with Gasteiger partial charge in [-0.1, -0.05) is 13.8 Å². The number of carbonyl (C=O) groups excluding carboxylic acids is 1. The molecule has 0 heterocycles. The van der Waals surface area contributed by atoms with Crippen LogP contribution < -0.4 is 14.8 Å². The zero-order valence-electron chi connectivity index (χ0n) is 18.8. The van der Waals surface area contributed by atoms with Crippen LogP contribution in [0.5, 0.6) is 17.2 Å². The predicted molar refractivity (Wildman–Crippen MR) is 124 cm³/mol. The summed E-state index contributed by atoms with van der Waals surface area (Å²) in [6, 6.07) is 12.8. The normalized spacial score (nSPS) is 11.4. The van der Waals surface area contributed by atoms with Crippen LogP contribution in [0.4, 0.5) is 14.5 Å². The number of ether oxygens (including phenoxy) is 2. The predicted octanol–water partition coefficient (Wildman–Crippen LogP) is 5.05. The number of amides is 1. The first kappa shape index (κ1) is 25.1. The summed E-state index contributed by atoms with van der Waals surface area (Å²) in [5.74, 6) is -1.51. The van der Waals surface area contributed by atoms with E-state index in [4.69, 9.17) is 9.47 Å². The van der Waals surface area contributed by atoms with Crippen molar-refractivity contribution >= 4 is 21.6 Å². The van der Waals surface area contributed by atoms with Crippen LogP contribution in [0.1, 0.15) is 24.2 Å². The molecular weight excluding hydrogens is 466 g/mol. The van der Waals surface area contributed by atoms with E-state index in [-0.39, 0.29) is 46.5 Å². The molecule has 0 bridgehead atoms. The molecule has 0 spiro atoms. The minimum atomic E-state index is -3.85. The molecule has 0 saturated heterocycles. The number of rotatable bonds is 9. The molecule has 1 N–H and O–H groups in total. The maximum absolute atomic E-state index is 14.4. The van der Waals surface area contributed by atoms with Gasteiger partial charge < -0.3 is 14.8 Å². The number of carbonyl (C=O) groups is 1. The third kappa shape index (κ3) is 5.52. The monoisotopic (exact) mass is 490 g/mol. The summed E-state index contributed by atoms with van der Waals surface area (Å²) in [6.07, 6.45) is 0. The smallest absolute Gasteiger partial charge is 0.258 e. The molecule has 10 heteroatoms. The summed E-state index contributed by atoms with van der Waals surface area (Å²) in [4.78, 5) is 12.8. The Morgan fingerprint density at radius 1 is 0.941 bits per heavy atom. The van der Waals surface area contributed by atoms with Crippen LogP contribution in [0.2, 0.25) is 0 Å². The third-order valence-corrected chi connectivity index (χ3v) is 7.05. The zero-order chi connectivity index (χ0) is 24.9. The molecule has 0 aliphatic heterocycles. The second-order valence-electron chi connectivity index (χ2n) is 7.10. The van der Waals surface area contributed by atoms with E-state index in [1.807, 2.05) is 0 Å². The fraction of sp³-hybridized carbons (Fsp3) is 0.208. The van der Waals surface area contributed by atoms with Crippen molar-refractivity contribution in [2.75, 3.05) is 25.5 Å². The van der Waals surface area contributed by atoms with Crippen molar-refractivity contribution in [3.05, 3.63) is 77.9 Å². The van der Waals surface area contributed by atoms with E-state index in [0.29, 0.717) is 0 Å². The van der Waals surface area contributed by atoms with Gasteiger partial charge in [0.15, 0.2) is 5.75 Å². The zero-order valence-corrected chi connectivity index (χ0v) is 19.7. The van der Waals surface area contributed by atoms with Gasteiger partial charge in [-0.15, -0.1) is 0 Å². The van der Waals surface area contributed by atoms with Crippen molar-refractivity contribution < 1.29 is 31.5 Å². The minimum Gasteiger partial charge on any atom is -0.497 e. The number of hydrogen-bond donors (Lipinski definition) is 1. The van der Waals surface area contributed by atoms with E-state index in [0.717, 1.165) is 6.07 Å². The fourth-order valence-corrected chi connectivity index (χ4v) is 4.68. The van der Waals surface area contributed by atoms with Gasteiger partial charge in [-0.25, -0.2) is 17.2 Å². The summed E-state index contributed by atoms with van der Waals surface area (Å²) in [5, 5.41) is 2.52. The molecule has 3 rings (SSSR count). The Kier molecular flexibility index (Phi) is 7.85. The maximum atomic E-state index is 14.4. The Labute approximate surface area is 197 Å².